The number of H-pyrrole nitrogens is 1. The number of rotatable bonds is 2. The van der Waals surface area contributed by atoms with Crippen LogP contribution in [0.5, 0.6) is 5.75 Å². The fraction of sp³-hybridized carbons (Fsp3) is 0. The van der Waals surface area contributed by atoms with Crippen LogP contribution < -0.4 is 16.9 Å². The monoisotopic (exact) mass is 245 g/mol. The van der Waals surface area contributed by atoms with Gasteiger partial charge in [0.1, 0.15) is 11.6 Å². The van der Waals surface area contributed by atoms with E-state index in [2.05, 4.69) is 15.2 Å². The van der Waals surface area contributed by atoms with Crippen LogP contribution in [0.25, 0.3) is 0 Å². The number of pyridine rings is 1. The van der Waals surface area contributed by atoms with Crippen molar-refractivity contribution in [2.24, 2.45) is 10.2 Å². The van der Waals surface area contributed by atoms with Crippen molar-refractivity contribution in [1.82, 2.24) is 4.98 Å². The van der Waals surface area contributed by atoms with Crippen LogP contribution in [0.4, 0.5) is 23.0 Å². The Hall–Kier alpha value is -2.83. The zero-order chi connectivity index (χ0) is 13.1. The summed E-state index contributed by atoms with van der Waals surface area (Å²) in [4.78, 5) is 14.1. The Bertz CT molecular complexity index is 648. The van der Waals surface area contributed by atoms with E-state index in [1.807, 2.05) is 6.07 Å². The molecule has 0 saturated heterocycles. The van der Waals surface area contributed by atoms with E-state index < -0.39 is 11.2 Å². The van der Waals surface area contributed by atoms with Gasteiger partial charge >= 0.3 is 0 Å². The molecule has 1 aromatic carbocycles. The molecule has 0 atom stereocenters. The van der Waals surface area contributed by atoms with E-state index in [9.17, 15) is 9.90 Å². The molecule has 0 aliphatic carbocycles. The molecule has 0 aliphatic rings. The molecule has 0 amide bonds. The summed E-state index contributed by atoms with van der Waals surface area (Å²) >= 11 is 0. The molecule has 0 fully saturated rings. The molecule has 0 spiro atoms. The summed E-state index contributed by atoms with van der Waals surface area (Å²) in [6, 6.07) is 8.82. The van der Waals surface area contributed by atoms with E-state index in [1.165, 1.54) is 0 Å². The Balaban J connectivity index is 2.45. The van der Waals surface area contributed by atoms with Gasteiger partial charge in [0, 0.05) is 0 Å². The number of nitrogens with one attached hydrogen (secondary N) is 1. The lowest BCUT2D eigenvalue weighted by atomic mass is 10.3. The van der Waals surface area contributed by atoms with Crippen LogP contribution in [0.2, 0.25) is 0 Å². The minimum Gasteiger partial charge on any atom is -0.502 e. The number of anilines is 2. The molecule has 0 unspecified atom stereocenters. The average Bonchev–Trinajstić information content (AvgIpc) is 2.37. The van der Waals surface area contributed by atoms with Crippen LogP contribution in [0.3, 0.4) is 0 Å². The molecular formula is C11H11N5O2. The molecule has 1 heterocycles. The van der Waals surface area contributed by atoms with Crippen LogP contribution in [0, 0.1) is 0 Å². The summed E-state index contributed by atoms with van der Waals surface area (Å²) in [5.41, 5.74) is 10.5. The highest BCUT2D eigenvalue weighted by molar-refractivity contribution is 5.65. The molecule has 1 aromatic heterocycles. The minimum atomic E-state index is -0.761. The first-order valence-electron chi connectivity index (χ1n) is 5.06. The van der Waals surface area contributed by atoms with E-state index in [4.69, 9.17) is 11.5 Å². The number of aromatic nitrogens is 1. The number of nitrogen functional groups attached to an aromatic ring is 2. The number of azo groups is 1. The fourth-order valence-corrected chi connectivity index (χ4v) is 1.32. The van der Waals surface area contributed by atoms with Gasteiger partial charge in [0.15, 0.2) is 5.69 Å². The molecule has 0 bridgehead atoms. The minimum absolute atomic E-state index is 0.0463. The topological polar surface area (TPSA) is 130 Å². The quantitative estimate of drug-likeness (QED) is 0.599. The van der Waals surface area contributed by atoms with Crippen molar-refractivity contribution >= 4 is 23.0 Å². The maximum absolute atomic E-state index is 11.6. The third-order valence-corrected chi connectivity index (χ3v) is 2.23. The van der Waals surface area contributed by atoms with E-state index in [0.717, 1.165) is 0 Å². The third kappa shape index (κ3) is 2.14. The first-order valence-corrected chi connectivity index (χ1v) is 5.06. The van der Waals surface area contributed by atoms with Gasteiger partial charge in [0.25, 0.3) is 5.43 Å². The van der Waals surface area contributed by atoms with E-state index in [1.54, 1.807) is 24.3 Å². The van der Waals surface area contributed by atoms with Crippen LogP contribution in [-0.4, -0.2) is 10.1 Å². The van der Waals surface area contributed by atoms with Crippen molar-refractivity contribution in [2.45, 2.75) is 0 Å². The lowest BCUT2D eigenvalue weighted by molar-refractivity contribution is 0.471. The first kappa shape index (κ1) is 11.6. The SMILES string of the molecule is Nc1[nH]c(N)c(N=Nc2ccccc2)c(=O)c1O. The molecule has 18 heavy (non-hydrogen) atoms. The van der Waals surface area contributed by atoms with E-state index in [-0.39, 0.29) is 17.3 Å². The normalized spacial score (nSPS) is 10.9. The van der Waals surface area contributed by atoms with Crippen LogP contribution in [-0.2, 0) is 0 Å². The molecule has 92 valence electrons. The van der Waals surface area contributed by atoms with Gasteiger partial charge in [-0.15, -0.1) is 5.11 Å². The maximum Gasteiger partial charge on any atom is 0.255 e. The summed E-state index contributed by atoms with van der Waals surface area (Å²) in [5, 5.41) is 16.9. The van der Waals surface area contributed by atoms with Crippen molar-refractivity contribution < 1.29 is 5.11 Å². The Morgan fingerprint density at radius 2 is 1.72 bits per heavy atom. The van der Waals surface area contributed by atoms with Crippen LogP contribution in [0.15, 0.2) is 45.4 Å². The highest BCUT2D eigenvalue weighted by Crippen LogP contribution is 2.24. The standard InChI is InChI=1S/C11H11N5O2/c12-10-7(8(17)9(18)11(13)14-10)16-15-6-4-2-1-3-5-6/h1-5,18H,(H5,12,13,14,17). The number of hydrogen-bond donors (Lipinski definition) is 4. The Morgan fingerprint density at radius 3 is 2.39 bits per heavy atom. The summed E-state index contributed by atoms with van der Waals surface area (Å²) in [6.07, 6.45) is 0. The lowest BCUT2D eigenvalue weighted by Gasteiger charge is -2.02. The lowest BCUT2D eigenvalue weighted by Crippen LogP contribution is -2.09. The summed E-state index contributed by atoms with van der Waals surface area (Å²) < 4.78 is 0. The van der Waals surface area contributed by atoms with Gasteiger partial charge in [-0.1, -0.05) is 18.2 Å². The molecule has 0 aliphatic heterocycles. The van der Waals surface area contributed by atoms with Crippen molar-refractivity contribution in [3.8, 4) is 5.75 Å². The molecule has 2 aromatic rings. The number of nitrogens with two attached hydrogens (primary N) is 2. The van der Waals surface area contributed by atoms with Crippen molar-refractivity contribution in [2.75, 3.05) is 11.5 Å². The molecule has 7 heteroatoms. The van der Waals surface area contributed by atoms with Gasteiger partial charge in [-0.3, -0.25) is 4.79 Å². The van der Waals surface area contributed by atoms with E-state index >= 15 is 0 Å². The smallest absolute Gasteiger partial charge is 0.255 e. The molecular weight excluding hydrogens is 234 g/mol. The second kappa shape index (κ2) is 4.58. The third-order valence-electron chi connectivity index (χ3n) is 2.23. The van der Waals surface area contributed by atoms with E-state index in [0.29, 0.717) is 5.69 Å². The van der Waals surface area contributed by atoms with Crippen molar-refractivity contribution in [3.63, 3.8) is 0 Å². The van der Waals surface area contributed by atoms with Gasteiger partial charge in [0.2, 0.25) is 5.75 Å². The predicted molar refractivity (Wildman–Crippen MR) is 68.2 cm³/mol. The van der Waals surface area contributed by atoms with Crippen LogP contribution >= 0.6 is 0 Å². The zero-order valence-electron chi connectivity index (χ0n) is 9.29. The molecule has 0 radical (unpaired) electrons. The molecule has 2 rings (SSSR count). The Kier molecular flexibility index (Phi) is 2.96. The molecule has 6 N–H and O–H groups in total. The van der Waals surface area contributed by atoms with Gasteiger partial charge in [-0.2, -0.15) is 5.11 Å². The number of hydrogen-bond acceptors (Lipinski definition) is 6. The number of aromatic hydroxyl groups is 1. The second-order valence-electron chi connectivity index (χ2n) is 3.51. The predicted octanol–water partition coefficient (Wildman–Crippen LogP) is 1.66. The van der Waals surface area contributed by atoms with Gasteiger partial charge in [-0.05, 0) is 12.1 Å². The van der Waals surface area contributed by atoms with Crippen molar-refractivity contribution in [1.29, 1.82) is 0 Å². The summed E-state index contributed by atoms with van der Waals surface area (Å²) in [5.74, 6) is -0.864. The molecule has 0 saturated carbocycles. The zero-order valence-corrected chi connectivity index (χ0v) is 9.29. The largest absolute Gasteiger partial charge is 0.502 e. The van der Waals surface area contributed by atoms with Gasteiger partial charge < -0.3 is 21.6 Å². The second-order valence-corrected chi connectivity index (χ2v) is 3.51. The maximum atomic E-state index is 11.6. The summed E-state index contributed by atoms with van der Waals surface area (Å²) in [6.45, 7) is 0. The first-order chi connectivity index (χ1) is 8.59. The molecule has 7 nitrogen and oxygen atoms in total. The van der Waals surface area contributed by atoms with Crippen molar-refractivity contribution in [3.05, 3.63) is 40.6 Å². The van der Waals surface area contributed by atoms with Gasteiger partial charge in [-0.25, -0.2) is 0 Å². The average molecular weight is 245 g/mol. The number of aromatic amines is 1. The van der Waals surface area contributed by atoms with Crippen LogP contribution in [0.1, 0.15) is 0 Å². The van der Waals surface area contributed by atoms with Gasteiger partial charge in [0.05, 0.1) is 5.69 Å². The highest BCUT2D eigenvalue weighted by atomic mass is 16.3. The highest BCUT2D eigenvalue weighted by Gasteiger charge is 2.12. The Labute approximate surface area is 102 Å². The number of benzene rings is 1. The fourth-order valence-electron chi connectivity index (χ4n) is 1.32. The summed E-state index contributed by atoms with van der Waals surface area (Å²) in [7, 11) is 0. The Morgan fingerprint density at radius 1 is 1.06 bits per heavy atom. The number of nitrogens with zero attached hydrogens (tertiary/aromatic N) is 2.